The number of hydrogen-bond donors (Lipinski definition) is 0. The number of hydrogen-bond acceptors (Lipinski definition) is 6. The molecule has 0 unspecified atom stereocenters. The van der Waals surface area contributed by atoms with Gasteiger partial charge >= 0.3 is 0 Å². The van der Waals surface area contributed by atoms with Gasteiger partial charge in [-0.3, -0.25) is 4.68 Å². The molecule has 5 rings (SSSR count). The number of alkyl halides is 1. The summed E-state index contributed by atoms with van der Waals surface area (Å²) in [5.41, 5.74) is 0.761. The van der Waals surface area contributed by atoms with Crippen LogP contribution in [0.15, 0.2) is 36.9 Å². The van der Waals surface area contributed by atoms with Crippen LogP contribution in [0.25, 0.3) is 22.2 Å². The van der Waals surface area contributed by atoms with Gasteiger partial charge in [0.2, 0.25) is 0 Å². The van der Waals surface area contributed by atoms with Crippen LogP contribution in [0.2, 0.25) is 0 Å². The molecule has 1 saturated heterocycles. The fourth-order valence-electron chi connectivity index (χ4n) is 4.65. The van der Waals surface area contributed by atoms with E-state index in [1.54, 1.807) is 17.8 Å². The summed E-state index contributed by atoms with van der Waals surface area (Å²) < 4.78 is 33.8. The van der Waals surface area contributed by atoms with Crippen LogP contribution in [0.5, 0.6) is 0 Å². The van der Waals surface area contributed by atoms with Crippen LogP contribution in [0.1, 0.15) is 45.0 Å². The first-order valence-corrected chi connectivity index (χ1v) is 11.5. The van der Waals surface area contributed by atoms with Gasteiger partial charge in [0.05, 0.1) is 16.8 Å². The number of aryl methyl sites for hydroxylation is 1. The van der Waals surface area contributed by atoms with Gasteiger partial charge in [-0.15, -0.1) is 10.2 Å². The lowest BCUT2D eigenvalue weighted by Gasteiger charge is -2.38. The van der Waals surface area contributed by atoms with Gasteiger partial charge in [-0.25, -0.2) is 13.8 Å². The predicted molar refractivity (Wildman–Crippen MR) is 128 cm³/mol. The molecule has 1 aliphatic rings. The number of nitriles is 1. The molecule has 1 aliphatic heterocycles. The zero-order valence-corrected chi connectivity index (χ0v) is 20.1. The van der Waals surface area contributed by atoms with Gasteiger partial charge in [-0.2, -0.15) is 10.4 Å². The normalized spacial score (nSPS) is 16.0. The van der Waals surface area contributed by atoms with Crippen molar-refractivity contribution < 1.29 is 8.78 Å². The lowest BCUT2D eigenvalue weighted by molar-refractivity contribution is 0.109. The Morgan fingerprint density at radius 3 is 2.51 bits per heavy atom. The van der Waals surface area contributed by atoms with Gasteiger partial charge in [0.25, 0.3) is 0 Å². The molecular formula is C25H26F2N8. The van der Waals surface area contributed by atoms with Gasteiger partial charge in [-0.05, 0) is 39.0 Å². The van der Waals surface area contributed by atoms with Crippen molar-refractivity contribution in [2.45, 2.75) is 44.8 Å². The third-order valence-corrected chi connectivity index (χ3v) is 6.54. The van der Waals surface area contributed by atoms with Crippen molar-refractivity contribution in [3.05, 3.63) is 54.1 Å². The smallest absolute Gasteiger partial charge is 0.181 e. The Kier molecular flexibility index (Phi) is 5.31. The third-order valence-electron chi connectivity index (χ3n) is 6.54. The molecule has 1 fully saturated rings. The zero-order chi connectivity index (χ0) is 25.0. The zero-order valence-electron chi connectivity index (χ0n) is 20.1. The molecule has 4 aromatic rings. The molecule has 0 spiro atoms. The molecule has 1 aromatic carbocycles. The average molecular weight is 477 g/mol. The number of rotatable bonds is 3. The lowest BCUT2D eigenvalue weighted by atomic mass is 9.90. The maximum atomic E-state index is 15.7. The average Bonchev–Trinajstić information content (AvgIpc) is 3.45. The molecule has 8 nitrogen and oxygen atoms in total. The highest BCUT2D eigenvalue weighted by Gasteiger charge is 2.41. The van der Waals surface area contributed by atoms with E-state index >= 15 is 4.39 Å². The van der Waals surface area contributed by atoms with Crippen LogP contribution >= 0.6 is 0 Å². The van der Waals surface area contributed by atoms with E-state index in [1.807, 2.05) is 42.6 Å². The van der Waals surface area contributed by atoms with Crippen molar-refractivity contribution in [1.29, 1.82) is 5.26 Å². The minimum atomic E-state index is -1.61. The number of fused-ring (bicyclic) bond motifs is 1. The summed E-state index contributed by atoms with van der Waals surface area (Å²) in [4.78, 5) is 6.44. The summed E-state index contributed by atoms with van der Waals surface area (Å²) >= 11 is 0. The Morgan fingerprint density at radius 1 is 1.14 bits per heavy atom. The summed E-state index contributed by atoms with van der Waals surface area (Å²) in [6, 6.07) is 6.66. The molecule has 3 aromatic heterocycles. The van der Waals surface area contributed by atoms with Crippen LogP contribution in [0, 0.1) is 17.1 Å². The molecular weight excluding hydrogens is 450 g/mol. The fourth-order valence-corrected chi connectivity index (χ4v) is 4.65. The SMILES string of the molecule is Cn1cnnc1C1(F)CCN(c2c(C#N)cc(F)cc2-c2cnc3nn(C(C)(C)C)cc3c2)CC1. The van der Waals surface area contributed by atoms with E-state index in [9.17, 15) is 9.65 Å². The predicted octanol–water partition coefficient (Wildman–Crippen LogP) is 4.46. The van der Waals surface area contributed by atoms with Crippen LogP contribution in [0.3, 0.4) is 0 Å². The molecule has 0 radical (unpaired) electrons. The van der Waals surface area contributed by atoms with Gasteiger partial charge in [-0.1, -0.05) is 0 Å². The van der Waals surface area contributed by atoms with Crippen LogP contribution < -0.4 is 4.90 Å². The van der Waals surface area contributed by atoms with Crippen molar-refractivity contribution in [3.8, 4) is 17.2 Å². The number of piperidine rings is 1. The second-order valence-electron chi connectivity index (χ2n) is 10.1. The third kappa shape index (κ3) is 4.01. The van der Waals surface area contributed by atoms with Gasteiger partial charge in [0, 0.05) is 61.9 Å². The second kappa shape index (κ2) is 8.12. The van der Waals surface area contributed by atoms with E-state index in [0.29, 0.717) is 41.4 Å². The number of nitrogens with zero attached hydrogens (tertiary/aromatic N) is 8. The number of anilines is 1. The molecule has 10 heteroatoms. The summed E-state index contributed by atoms with van der Waals surface area (Å²) in [5, 5.41) is 23.0. The summed E-state index contributed by atoms with van der Waals surface area (Å²) in [7, 11) is 1.72. The molecule has 0 N–H and O–H groups in total. The number of aromatic nitrogens is 6. The Morgan fingerprint density at radius 2 is 1.89 bits per heavy atom. The Bertz CT molecular complexity index is 1450. The van der Waals surface area contributed by atoms with Gasteiger partial charge in [0.15, 0.2) is 17.1 Å². The molecule has 0 amide bonds. The van der Waals surface area contributed by atoms with E-state index in [1.165, 1.54) is 18.5 Å². The van der Waals surface area contributed by atoms with Crippen molar-refractivity contribution in [2.24, 2.45) is 7.05 Å². The highest BCUT2D eigenvalue weighted by atomic mass is 19.1. The minimum Gasteiger partial charge on any atom is -0.370 e. The van der Waals surface area contributed by atoms with Crippen LogP contribution in [-0.2, 0) is 18.3 Å². The van der Waals surface area contributed by atoms with Gasteiger partial charge in [0.1, 0.15) is 18.2 Å². The largest absolute Gasteiger partial charge is 0.370 e. The van der Waals surface area contributed by atoms with E-state index in [4.69, 9.17) is 0 Å². The maximum absolute atomic E-state index is 15.7. The molecule has 180 valence electrons. The van der Waals surface area contributed by atoms with Crippen molar-refractivity contribution in [1.82, 2.24) is 29.5 Å². The molecule has 4 heterocycles. The van der Waals surface area contributed by atoms with E-state index in [-0.39, 0.29) is 23.9 Å². The monoisotopic (exact) mass is 476 g/mol. The van der Waals surface area contributed by atoms with Crippen molar-refractivity contribution >= 4 is 16.7 Å². The van der Waals surface area contributed by atoms with E-state index in [0.717, 1.165) is 5.39 Å². The Labute approximate surface area is 201 Å². The Balaban J connectivity index is 1.55. The first-order valence-electron chi connectivity index (χ1n) is 11.5. The highest BCUT2D eigenvalue weighted by Crippen LogP contribution is 2.41. The van der Waals surface area contributed by atoms with Crippen LogP contribution in [-0.4, -0.2) is 42.6 Å². The minimum absolute atomic E-state index is 0.177. The maximum Gasteiger partial charge on any atom is 0.181 e. The highest BCUT2D eigenvalue weighted by molar-refractivity contribution is 5.87. The Hall–Kier alpha value is -3.87. The molecule has 0 atom stereocenters. The molecule has 0 bridgehead atoms. The molecule has 0 saturated carbocycles. The molecule has 0 aliphatic carbocycles. The first-order chi connectivity index (χ1) is 16.6. The first kappa shape index (κ1) is 22.9. The lowest BCUT2D eigenvalue weighted by Crippen LogP contribution is -2.42. The summed E-state index contributed by atoms with van der Waals surface area (Å²) in [5.74, 6) is -0.218. The fraction of sp³-hybridized carbons (Fsp3) is 0.400. The second-order valence-corrected chi connectivity index (χ2v) is 10.1. The van der Waals surface area contributed by atoms with Crippen molar-refractivity contribution in [2.75, 3.05) is 18.0 Å². The van der Waals surface area contributed by atoms with E-state index < -0.39 is 11.5 Å². The topological polar surface area (TPSA) is 88.4 Å². The van der Waals surface area contributed by atoms with Crippen molar-refractivity contribution in [3.63, 3.8) is 0 Å². The molecule has 35 heavy (non-hydrogen) atoms. The number of halogens is 2. The van der Waals surface area contributed by atoms with Crippen LogP contribution in [0.4, 0.5) is 14.5 Å². The van der Waals surface area contributed by atoms with Gasteiger partial charge < -0.3 is 9.47 Å². The summed E-state index contributed by atoms with van der Waals surface area (Å²) in [6.07, 6.45) is 5.40. The standard InChI is InChI=1S/C25H26F2N8/c1-24(2,3)35-14-18-9-17(13-29-22(18)32-35)20-11-19(26)10-16(12-28)21(20)34-7-5-25(27,6-8-34)23-31-30-15-33(23)4/h9-11,13-15H,5-8H2,1-4H3. The van der Waals surface area contributed by atoms with E-state index in [2.05, 4.69) is 26.3 Å². The summed E-state index contributed by atoms with van der Waals surface area (Å²) in [6.45, 7) is 6.83. The number of benzene rings is 1. The quantitative estimate of drug-likeness (QED) is 0.434. The number of pyridine rings is 1.